The van der Waals surface area contributed by atoms with Crippen LogP contribution >= 0.6 is 11.8 Å². The minimum Gasteiger partial charge on any atom is -0.322 e. The Kier molecular flexibility index (Phi) is 4.57. The number of rotatable bonds is 4. The SMILES string of the molecule is O=C(Nc1cn[nH]c1)[C@@H](c1ccccc1)N1CCSCC1. The van der Waals surface area contributed by atoms with E-state index in [2.05, 4.69) is 20.4 Å². The summed E-state index contributed by atoms with van der Waals surface area (Å²) in [6.07, 6.45) is 3.30. The van der Waals surface area contributed by atoms with Gasteiger partial charge in [-0.25, -0.2) is 0 Å². The third kappa shape index (κ3) is 3.46. The normalized spacial score (nSPS) is 17.3. The Morgan fingerprint density at radius 3 is 2.71 bits per heavy atom. The first-order valence-electron chi connectivity index (χ1n) is 7.01. The molecule has 6 heteroatoms. The van der Waals surface area contributed by atoms with Crippen molar-refractivity contribution in [2.24, 2.45) is 0 Å². The standard InChI is InChI=1S/C15H18N4OS/c20-15(18-13-10-16-17-11-13)14(12-4-2-1-3-5-12)19-6-8-21-9-7-19/h1-5,10-11,14H,6-9H2,(H,16,17)(H,18,20)/t14-/m1/s1. The molecule has 1 amide bonds. The lowest BCUT2D eigenvalue weighted by Gasteiger charge is -2.33. The molecule has 5 nitrogen and oxygen atoms in total. The number of hydrogen-bond acceptors (Lipinski definition) is 4. The summed E-state index contributed by atoms with van der Waals surface area (Å²) in [7, 11) is 0. The van der Waals surface area contributed by atoms with Crippen molar-refractivity contribution in [2.75, 3.05) is 29.9 Å². The zero-order chi connectivity index (χ0) is 14.5. The lowest BCUT2D eigenvalue weighted by Crippen LogP contribution is -2.41. The summed E-state index contributed by atoms with van der Waals surface area (Å²) in [6.45, 7) is 1.87. The molecule has 110 valence electrons. The van der Waals surface area contributed by atoms with E-state index in [1.165, 1.54) is 0 Å². The molecular weight excluding hydrogens is 284 g/mol. The maximum Gasteiger partial charge on any atom is 0.246 e. The van der Waals surface area contributed by atoms with Crippen molar-refractivity contribution in [3.8, 4) is 0 Å². The lowest BCUT2D eigenvalue weighted by molar-refractivity contribution is -0.121. The van der Waals surface area contributed by atoms with E-state index in [1.807, 2.05) is 42.1 Å². The number of thioether (sulfide) groups is 1. The fourth-order valence-electron chi connectivity index (χ4n) is 2.53. The summed E-state index contributed by atoms with van der Waals surface area (Å²) >= 11 is 1.94. The molecule has 0 saturated carbocycles. The molecule has 21 heavy (non-hydrogen) atoms. The number of nitrogens with one attached hydrogen (secondary N) is 2. The average Bonchev–Trinajstić information content (AvgIpc) is 3.02. The summed E-state index contributed by atoms with van der Waals surface area (Å²) in [4.78, 5) is 15.0. The molecule has 1 saturated heterocycles. The van der Waals surface area contributed by atoms with Gasteiger partial charge >= 0.3 is 0 Å². The average molecular weight is 302 g/mol. The summed E-state index contributed by atoms with van der Waals surface area (Å²) in [5.74, 6) is 2.14. The van der Waals surface area contributed by atoms with E-state index in [0.717, 1.165) is 30.2 Å². The van der Waals surface area contributed by atoms with Crippen LogP contribution in [0.2, 0.25) is 0 Å². The van der Waals surface area contributed by atoms with Gasteiger partial charge in [-0.1, -0.05) is 30.3 Å². The van der Waals surface area contributed by atoms with Gasteiger partial charge in [-0.05, 0) is 5.56 Å². The van der Waals surface area contributed by atoms with Crippen LogP contribution in [0, 0.1) is 0 Å². The van der Waals surface area contributed by atoms with Gasteiger partial charge in [-0.2, -0.15) is 16.9 Å². The van der Waals surface area contributed by atoms with Crippen LogP contribution in [0.5, 0.6) is 0 Å². The number of aromatic nitrogens is 2. The molecule has 0 spiro atoms. The van der Waals surface area contributed by atoms with Gasteiger partial charge < -0.3 is 5.32 Å². The van der Waals surface area contributed by atoms with Crippen LogP contribution in [0.3, 0.4) is 0 Å². The number of benzene rings is 1. The van der Waals surface area contributed by atoms with E-state index in [4.69, 9.17) is 0 Å². The molecule has 1 aromatic carbocycles. The van der Waals surface area contributed by atoms with E-state index < -0.39 is 0 Å². The number of amides is 1. The first-order chi connectivity index (χ1) is 10.3. The topological polar surface area (TPSA) is 61.0 Å². The van der Waals surface area contributed by atoms with Crippen LogP contribution in [-0.2, 0) is 4.79 Å². The van der Waals surface area contributed by atoms with Gasteiger partial charge in [-0.3, -0.25) is 14.8 Å². The molecule has 1 atom stereocenters. The van der Waals surface area contributed by atoms with Crippen molar-refractivity contribution in [1.29, 1.82) is 0 Å². The van der Waals surface area contributed by atoms with E-state index in [1.54, 1.807) is 12.4 Å². The summed E-state index contributed by atoms with van der Waals surface area (Å²) in [5, 5.41) is 9.51. The Morgan fingerprint density at radius 1 is 1.29 bits per heavy atom. The highest BCUT2D eigenvalue weighted by Gasteiger charge is 2.28. The van der Waals surface area contributed by atoms with Crippen molar-refractivity contribution >= 4 is 23.4 Å². The molecule has 2 aromatic rings. The third-order valence-electron chi connectivity index (χ3n) is 3.54. The molecule has 0 aliphatic carbocycles. The van der Waals surface area contributed by atoms with Crippen LogP contribution < -0.4 is 5.32 Å². The fourth-order valence-corrected chi connectivity index (χ4v) is 3.46. The molecule has 1 aliphatic rings. The highest BCUT2D eigenvalue weighted by molar-refractivity contribution is 7.99. The Balaban J connectivity index is 1.82. The largest absolute Gasteiger partial charge is 0.322 e. The van der Waals surface area contributed by atoms with Gasteiger partial charge in [0.15, 0.2) is 0 Å². The van der Waals surface area contributed by atoms with E-state index in [0.29, 0.717) is 5.69 Å². The fraction of sp³-hybridized carbons (Fsp3) is 0.333. The molecule has 0 radical (unpaired) electrons. The molecule has 0 unspecified atom stereocenters. The first kappa shape index (κ1) is 14.2. The van der Waals surface area contributed by atoms with Gasteiger partial charge in [0, 0.05) is 30.8 Å². The van der Waals surface area contributed by atoms with Crippen molar-refractivity contribution in [3.05, 3.63) is 48.3 Å². The molecule has 3 rings (SSSR count). The van der Waals surface area contributed by atoms with Crippen LogP contribution in [0.1, 0.15) is 11.6 Å². The quantitative estimate of drug-likeness (QED) is 0.908. The van der Waals surface area contributed by atoms with Gasteiger partial charge in [0.05, 0.1) is 11.9 Å². The molecular formula is C15H18N4OS. The molecule has 0 bridgehead atoms. The van der Waals surface area contributed by atoms with Gasteiger partial charge in [0.1, 0.15) is 6.04 Å². The number of hydrogen-bond donors (Lipinski definition) is 2. The van der Waals surface area contributed by atoms with Crippen LogP contribution in [0.4, 0.5) is 5.69 Å². The van der Waals surface area contributed by atoms with Crippen LogP contribution in [0.25, 0.3) is 0 Å². The minimum atomic E-state index is -0.248. The highest BCUT2D eigenvalue weighted by atomic mass is 32.2. The summed E-state index contributed by atoms with van der Waals surface area (Å²) < 4.78 is 0. The van der Waals surface area contributed by atoms with Crippen molar-refractivity contribution < 1.29 is 4.79 Å². The smallest absolute Gasteiger partial charge is 0.246 e. The molecule has 1 fully saturated rings. The number of carbonyl (C=O) groups is 1. The Hall–Kier alpha value is -1.79. The third-order valence-corrected chi connectivity index (χ3v) is 4.48. The lowest BCUT2D eigenvalue weighted by atomic mass is 10.0. The zero-order valence-corrected chi connectivity index (χ0v) is 12.5. The van der Waals surface area contributed by atoms with Crippen molar-refractivity contribution in [2.45, 2.75) is 6.04 Å². The van der Waals surface area contributed by atoms with Gasteiger partial charge in [0.2, 0.25) is 5.91 Å². The molecule has 2 N–H and O–H groups in total. The number of H-pyrrole nitrogens is 1. The van der Waals surface area contributed by atoms with E-state index in [9.17, 15) is 4.79 Å². The first-order valence-corrected chi connectivity index (χ1v) is 8.16. The number of anilines is 1. The number of nitrogens with zero attached hydrogens (tertiary/aromatic N) is 2. The maximum atomic E-state index is 12.7. The second kappa shape index (κ2) is 6.78. The van der Waals surface area contributed by atoms with Crippen LogP contribution in [0.15, 0.2) is 42.7 Å². The van der Waals surface area contributed by atoms with Gasteiger partial charge in [-0.15, -0.1) is 0 Å². The number of aromatic amines is 1. The number of carbonyl (C=O) groups excluding carboxylic acids is 1. The van der Waals surface area contributed by atoms with Crippen molar-refractivity contribution in [1.82, 2.24) is 15.1 Å². The summed E-state index contributed by atoms with van der Waals surface area (Å²) in [5.41, 5.74) is 1.73. The second-order valence-corrected chi connectivity index (χ2v) is 6.16. The molecule has 2 heterocycles. The van der Waals surface area contributed by atoms with Crippen molar-refractivity contribution in [3.63, 3.8) is 0 Å². The monoisotopic (exact) mass is 302 g/mol. The Labute approximate surface area is 128 Å². The van der Waals surface area contributed by atoms with E-state index in [-0.39, 0.29) is 11.9 Å². The molecule has 1 aromatic heterocycles. The predicted octanol–water partition coefficient (Wildman–Crippen LogP) is 2.14. The van der Waals surface area contributed by atoms with Gasteiger partial charge in [0.25, 0.3) is 0 Å². The van der Waals surface area contributed by atoms with E-state index >= 15 is 0 Å². The predicted molar refractivity (Wildman–Crippen MR) is 85.3 cm³/mol. The minimum absolute atomic E-state index is 0.00509. The Morgan fingerprint density at radius 2 is 2.05 bits per heavy atom. The Bertz CT molecular complexity index is 567. The summed E-state index contributed by atoms with van der Waals surface area (Å²) in [6, 6.07) is 9.71. The highest BCUT2D eigenvalue weighted by Crippen LogP contribution is 2.25. The van der Waals surface area contributed by atoms with Crippen LogP contribution in [-0.4, -0.2) is 45.6 Å². The second-order valence-electron chi connectivity index (χ2n) is 4.94. The molecule has 1 aliphatic heterocycles. The maximum absolute atomic E-state index is 12.7. The zero-order valence-electron chi connectivity index (χ0n) is 11.7.